The molecule has 0 heterocycles. The Morgan fingerprint density at radius 1 is 0.931 bits per heavy atom. The highest BCUT2D eigenvalue weighted by Crippen LogP contribution is 2.80. The highest BCUT2D eigenvalue weighted by Gasteiger charge is 2.76. The minimum absolute atomic E-state index is 0.0945. The van der Waals surface area contributed by atoms with Crippen LogP contribution in [0.25, 0.3) is 0 Å². The topological polar surface area (TPSA) is 61.8 Å². The molecule has 4 aliphatic carbocycles. The average molecular weight is 407 g/mol. The van der Waals surface area contributed by atoms with Gasteiger partial charge in [-0.3, -0.25) is 9.59 Å². The van der Waals surface area contributed by atoms with E-state index in [-0.39, 0.29) is 35.7 Å². The summed E-state index contributed by atoms with van der Waals surface area (Å²) in [5.74, 6) is 1.56. The zero-order valence-corrected chi connectivity index (χ0v) is 18.7. The summed E-state index contributed by atoms with van der Waals surface area (Å²) in [6.07, 6.45) is 8.58. The lowest BCUT2D eigenvalue weighted by atomic mass is 9.52. The molecule has 0 aliphatic heterocycles. The Morgan fingerprint density at radius 3 is 2.21 bits per heavy atom. The van der Waals surface area contributed by atoms with Gasteiger partial charge in [-0.2, -0.15) is 0 Å². The number of carbonyl (C=O) groups excluding carboxylic acids is 2. The first-order valence-electron chi connectivity index (χ1n) is 11.6. The number of rotatable bonds is 3. The Morgan fingerprint density at radius 2 is 1.59 bits per heavy atom. The fraction of sp³-hybridized carbons (Fsp3) is 0.917. The summed E-state index contributed by atoms with van der Waals surface area (Å²) in [7, 11) is 1.86. The van der Waals surface area contributed by atoms with E-state index < -0.39 is 0 Å². The molecule has 0 radical (unpaired) electrons. The lowest BCUT2D eigenvalue weighted by Crippen LogP contribution is -2.54. The molecular formula is C24H38O5. The predicted octanol–water partition coefficient (Wildman–Crippen LogP) is 4.52. The maximum atomic E-state index is 12.0. The molecule has 4 aliphatic rings. The maximum Gasteiger partial charge on any atom is 0.302 e. The fourth-order valence-electron chi connectivity index (χ4n) is 7.95. The van der Waals surface area contributed by atoms with Crippen LogP contribution >= 0.6 is 0 Å². The first kappa shape index (κ1) is 21.1. The molecule has 1 spiro atoms. The van der Waals surface area contributed by atoms with Gasteiger partial charge in [-0.1, -0.05) is 13.8 Å². The quantitative estimate of drug-likeness (QED) is 0.645. The molecule has 0 aromatic carbocycles. The second-order valence-corrected chi connectivity index (χ2v) is 10.6. The lowest BCUT2D eigenvalue weighted by molar-refractivity contribution is -0.169. The van der Waals surface area contributed by atoms with Crippen molar-refractivity contribution in [2.24, 2.45) is 34.5 Å². The van der Waals surface area contributed by atoms with Gasteiger partial charge >= 0.3 is 11.9 Å². The van der Waals surface area contributed by atoms with Crippen molar-refractivity contribution in [3.05, 3.63) is 0 Å². The Labute approximate surface area is 175 Å². The predicted molar refractivity (Wildman–Crippen MR) is 109 cm³/mol. The molecule has 164 valence electrons. The van der Waals surface area contributed by atoms with E-state index in [0.717, 1.165) is 38.0 Å². The van der Waals surface area contributed by atoms with E-state index in [0.29, 0.717) is 23.2 Å². The van der Waals surface area contributed by atoms with Gasteiger partial charge in [0.15, 0.2) is 0 Å². The first-order valence-corrected chi connectivity index (χ1v) is 11.6. The molecule has 0 N–H and O–H groups in total. The monoisotopic (exact) mass is 406 g/mol. The molecule has 0 aromatic heterocycles. The second kappa shape index (κ2) is 7.55. The Kier molecular flexibility index (Phi) is 5.50. The van der Waals surface area contributed by atoms with E-state index in [1.807, 2.05) is 7.11 Å². The van der Waals surface area contributed by atoms with Crippen LogP contribution in [-0.2, 0) is 23.8 Å². The molecule has 5 heteroatoms. The van der Waals surface area contributed by atoms with Crippen molar-refractivity contribution < 1.29 is 23.8 Å². The summed E-state index contributed by atoms with van der Waals surface area (Å²) < 4.78 is 17.7. The van der Waals surface area contributed by atoms with E-state index in [1.165, 1.54) is 33.1 Å². The third-order valence-electron chi connectivity index (χ3n) is 9.32. The number of hydrogen-bond acceptors (Lipinski definition) is 5. The zero-order valence-electron chi connectivity index (χ0n) is 18.7. The molecule has 4 fully saturated rings. The number of methoxy groups -OCH3 is 1. The van der Waals surface area contributed by atoms with E-state index >= 15 is 0 Å². The highest BCUT2D eigenvalue weighted by molar-refractivity contribution is 5.66. The standard InChI is InChI=1S/C24H38O5/c1-14-6-7-19-18(21(29-16(3)26)9-8-20(14)28-15(2)25)12-22(27-5)24-13-17(24)10-11-23(19,24)4/h14,17-22H,6-13H2,1-5H3/t14-,17+,18+,19-,20+,21+,22+,23+,24-/m0/s1. The number of esters is 2. The van der Waals surface area contributed by atoms with Crippen molar-refractivity contribution in [3.63, 3.8) is 0 Å². The second-order valence-electron chi connectivity index (χ2n) is 10.6. The van der Waals surface area contributed by atoms with Gasteiger partial charge in [0.2, 0.25) is 0 Å². The van der Waals surface area contributed by atoms with Crippen LogP contribution < -0.4 is 0 Å². The zero-order chi connectivity index (χ0) is 21.0. The Hall–Kier alpha value is -1.10. The van der Waals surface area contributed by atoms with Crippen LogP contribution in [0.3, 0.4) is 0 Å². The van der Waals surface area contributed by atoms with Crippen molar-refractivity contribution in [2.75, 3.05) is 7.11 Å². The summed E-state index contributed by atoms with van der Waals surface area (Å²) >= 11 is 0. The van der Waals surface area contributed by atoms with Crippen molar-refractivity contribution in [2.45, 2.75) is 97.4 Å². The van der Waals surface area contributed by atoms with Crippen LogP contribution in [-0.4, -0.2) is 37.4 Å². The smallest absolute Gasteiger partial charge is 0.302 e. The van der Waals surface area contributed by atoms with Gasteiger partial charge in [0.25, 0.3) is 0 Å². The summed E-state index contributed by atoms with van der Waals surface area (Å²) in [4.78, 5) is 23.6. The fourth-order valence-corrected chi connectivity index (χ4v) is 7.95. The number of hydrogen-bond donors (Lipinski definition) is 0. The van der Waals surface area contributed by atoms with Crippen LogP contribution in [0.5, 0.6) is 0 Å². The molecule has 0 unspecified atom stereocenters. The molecule has 0 aromatic rings. The normalized spacial score (nSPS) is 48.8. The van der Waals surface area contributed by atoms with Gasteiger partial charge in [-0.05, 0) is 74.5 Å². The minimum Gasteiger partial charge on any atom is -0.462 e. The molecule has 0 amide bonds. The van der Waals surface area contributed by atoms with Crippen LogP contribution in [0.4, 0.5) is 0 Å². The van der Waals surface area contributed by atoms with E-state index in [2.05, 4.69) is 13.8 Å². The summed E-state index contributed by atoms with van der Waals surface area (Å²) in [5, 5.41) is 0. The lowest BCUT2D eigenvalue weighted by Gasteiger charge is -2.55. The van der Waals surface area contributed by atoms with Crippen molar-refractivity contribution >= 4 is 11.9 Å². The molecule has 29 heavy (non-hydrogen) atoms. The van der Waals surface area contributed by atoms with Crippen molar-refractivity contribution in [1.82, 2.24) is 0 Å². The third-order valence-corrected chi connectivity index (χ3v) is 9.32. The van der Waals surface area contributed by atoms with Gasteiger partial charge in [0.1, 0.15) is 12.2 Å². The van der Waals surface area contributed by atoms with E-state index in [1.54, 1.807) is 0 Å². The molecule has 9 atom stereocenters. The third kappa shape index (κ3) is 3.32. The summed E-state index contributed by atoms with van der Waals surface area (Å²) in [5.41, 5.74) is 0.580. The molecule has 4 rings (SSSR count). The molecular weight excluding hydrogens is 368 g/mol. The molecule has 0 bridgehead atoms. The Bertz CT molecular complexity index is 662. The highest BCUT2D eigenvalue weighted by atomic mass is 16.5. The number of fused-ring (bicyclic) bond motifs is 2. The van der Waals surface area contributed by atoms with Crippen LogP contribution in [0.2, 0.25) is 0 Å². The number of ether oxygens (including phenoxy) is 3. The molecule has 5 nitrogen and oxygen atoms in total. The van der Waals surface area contributed by atoms with Crippen molar-refractivity contribution in [3.8, 4) is 0 Å². The average Bonchev–Trinajstić information content (AvgIpc) is 3.30. The SMILES string of the molecule is CO[C@@H]1C[C@H]2[C@H](OC(C)=O)CC[C@@H](OC(C)=O)[C@@H](C)CC[C@@H]2[C@@]2(C)CC[C@@H]3C[C@]312. The van der Waals surface area contributed by atoms with E-state index in [4.69, 9.17) is 14.2 Å². The van der Waals surface area contributed by atoms with Gasteiger partial charge < -0.3 is 14.2 Å². The summed E-state index contributed by atoms with van der Waals surface area (Å²) in [6.45, 7) is 7.71. The van der Waals surface area contributed by atoms with Crippen LogP contribution in [0.15, 0.2) is 0 Å². The molecule has 4 saturated carbocycles. The van der Waals surface area contributed by atoms with Gasteiger partial charge in [0, 0.05) is 32.3 Å². The van der Waals surface area contributed by atoms with Crippen molar-refractivity contribution in [1.29, 1.82) is 0 Å². The maximum absolute atomic E-state index is 12.0. The number of carbonyl (C=O) groups is 2. The first-order chi connectivity index (χ1) is 13.7. The Balaban J connectivity index is 1.67. The molecule has 0 saturated heterocycles. The summed E-state index contributed by atoms with van der Waals surface area (Å²) in [6, 6.07) is 0. The van der Waals surface area contributed by atoms with Crippen LogP contribution in [0.1, 0.15) is 79.1 Å². The minimum atomic E-state index is -0.218. The van der Waals surface area contributed by atoms with Gasteiger partial charge in [-0.25, -0.2) is 0 Å². The van der Waals surface area contributed by atoms with Gasteiger partial charge in [0.05, 0.1) is 6.10 Å². The van der Waals surface area contributed by atoms with Gasteiger partial charge in [-0.15, -0.1) is 0 Å². The van der Waals surface area contributed by atoms with Crippen LogP contribution in [0, 0.1) is 34.5 Å². The largest absolute Gasteiger partial charge is 0.462 e. The van der Waals surface area contributed by atoms with E-state index in [9.17, 15) is 9.59 Å².